The van der Waals surface area contributed by atoms with Crippen LogP contribution >= 0.6 is 12.4 Å². The van der Waals surface area contributed by atoms with Crippen molar-refractivity contribution in [3.05, 3.63) is 76.1 Å². The smallest absolute Gasteiger partial charge is 0.271 e. The van der Waals surface area contributed by atoms with Gasteiger partial charge in [-0.15, -0.1) is 12.4 Å². The minimum absolute atomic E-state index is 0. The fourth-order valence-electron chi connectivity index (χ4n) is 3.93. The van der Waals surface area contributed by atoms with E-state index in [2.05, 4.69) is 52.3 Å². The molecule has 1 N–H and O–H groups in total. The molecule has 0 bridgehead atoms. The Labute approximate surface area is 160 Å². The van der Waals surface area contributed by atoms with Gasteiger partial charge in [0.1, 0.15) is 5.69 Å². The van der Waals surface area contributed by atoms with Crippen molar-refractivity contribution in [2.45, 2.75) is 26.2 Å². The molecular formula is C22H25ClN2O. The molecule has 0 atom stereocenters. The SMILES string of the molecule is Cc1cccc2cc(N3CCC(Cc4ccccc4)CC3)c(=O)[nH]c12.Cl. The van der Waals surface area contributed by atoms with E-state index >= 15 is 0 Å². The zero-order chi connectivity index (χ0) is 17.2. The predicted octanol–water partition coefficient (Wildman–Crippen LogP) is 4.72. The van der Waals surface area contributed by atoms with Gasteiger partial charge in [0, 0.05) is 18.5 Å². The Morgan fingerprint density at radius 3 is 2.50 bits per heavy atom. The summed E-state index contributed by atoms with van der Waals surface area (Å²) in [5.41, 5.74) is 4.33. The van der Waals surface area contributed by atoms with Gasteiger partial charge in [-0.05, 0) is 49.3 Å². The highest BCUT2D eigenvalue weighted by Crippen LogP contribution is 2.26. The summed E-state index contributed by atoms with van der Waals surface area (Å²) in [6, 6.07) is 18.9. The Hall–Kier alpha value is -2.26. The van der Waals surface area contributed by atoms with E-state index in [0.29, 0.717) is 5.92 Å². The second-order valence-electron chi connectivity index (χ2n) is 7.14. The standard InChI is InChI=1S/C22H24N2O.ClH/c1-16-6-5-9-19-15-20(22(25)23-21(16)19)24-12-10-18(11-13-24)14-17-7-3-2-4-8-17;/h2-9,15,18H,10-14H2,1H3,(H,23,25);1H. The zero-order valence-corrected chi connectivity index (χ0v) is 15.9. The number of anilines is 1. The third-order valence-corrected chi connectivity index (χ3v) is 5.39. The molecule has 0 amide bonds. The maximum Gasteiger partial charge on any atom is 0.271 e. The van der Waals surface area contributed by atoms with Gasteiger partial charge in [-0.2, -0.15) is 0 Å². The van der Waals surface area contributed by atoms with E-state index in [4.69, 9.17) is 0 Å². The number of H-pyrrole nitrogens is 1. The minimum Gasteiger partial charge on any atom is -0.367 e. The van der Waals surface area contributed by atoms with E-state index in [9.17, 15) is 4.79 Å². The summed E-state index contributed by atoms with van der Waals surface area (Å²) in [5, 5.41) is 1.11. The molecular weight excluding hydrogens is 344 g/mol. The normalized spacial score (nSPS) is 15.0. The molecule has 2 heterocycles. The molecule has 4 rings (SSSR count). The monoisotopic (exact) mass is 368 g/mol. The van der Waals surface area contributed by atoms with Crippen molar-refractivity contribution in [2.75, 3.05) is 18.0 Å². The van der Waals surface area contributed by atoms with Crippen LogP contribution < -0.4 is 10.5 Å². The van der Waals surface area contributed by atoms with Crippen molar-refractivity contribution in [1.29, 1.82) is 0 Å². The fraction of sp³-hybridized carbons (Fsp3) is 0.318. The number of nitrogens with zero attached hydrogens (tertiary/aromatic N) is 1. The van der Waals surface area contributed by atoms with E-state index in [1.165, 1.54) is 5.56 Å². The van der Waals surface area contributed by atoms with Crippen molar-refractivity contribution in [3.63, 3.8) is 0 Å². The number of fused-ring (bicyclic) bond motifs is 1. The highest BCUT2D eigenvalue weighted by atomic mass is 35.5. The molecule has 0 saturated carbocycles. The van der Waals surface area contributed by atoms with Crippen LogP contribution in [0.4, 0.5) is 5.69 Å². The maximum atomic E-state index is 12.6. The van der Waals surface area contributed by atoms with Gasteiger partial charge in [-0.1, -0.05) is 48.5 Å². The lowest BCUT2D eigenvalue weighted by Crippen LogP contribution is -2.37. The Bertz CT molecular complexity index is 928. The Morgan fingerprint density at radius 1 is 1.04 bits per heavy atom. The molecule has 26 heavy (non-hydrogen) atoms. The Kier molecular flexibility index (Phi) is 5.67. The molecule has 2 aromatic carbocycles. The van der Waals surface area contributed by atoms with Gasteiger partial charge in [0.15, 0.2) is 0 Å². The lowest BCUT2D eigenvalue weighted by Gasteiger charge is -2.33. The molecule has 1 saturated heterocycles. The largest absolute Gasteiger partial charge is 0.367 e. The van der Waals surface area contributed by atoms with Gasteiger partial charge in [0.05, 0.1) is 5.52 Å². The highest BCUT2D eigenvalue weighted by molar-refractivity contribution is 5.85. The van der Waals surface area contributed by atoms with Crippen LogP contribution in [-0.4, -0.2) is 18.1 Å². The number of aromatic nitrogens is 1. The van der Waals surface area contributed by atoms with Gasteiger partial charge in [0.25, 0.3) is 5.56 Å². The first kappa shape index (κ1) is 18.5. The summed E-state index contributed by atoms with van der Waals surface area (Å²) >= 11 is 0. The molecule has 1 aromatic heterocycles. The van der Waals surface area contributed by atoms with Crippen molar-refractivity contribution >= 4 is 29.0 Å². The number of para-hydroxylation sites is 1. The Morgan fingerprint density at radius 2 is 1.77 bits per heavy atom. The number of aryl methyl sites for hydroxylation is 1. The molecule has 0 spiro atoms. The average molecular weight is 369 g/mol. The van der Waals surface area contributed by atoms with Gasteiger partial charge in [-0.3, -0.25) is 4.79 Å². The van der Waals surface area contributed by atoms with Crippen LogP contribution in [0.5, 0.6) is 0 Å². The lowest BCUT2D eigenvalue weighted by atomic mass is 9.90. The number of aromatic amines is 1. The van der Waals surface area contributed by atoms with Gasteiger partial charge in [0.2, 0.25) is 0 Å². The Balaban J connectivity index is 0.00000196. The number of rotatable bonds is 3. The van der Waals surface area contributed by atoms with Crippen LogP contribution in [-0.2, 0) is 6.42 Å². The molecule has 1 aliphatic rings. The number of nitrogens with one attached hydrogen (secondary N) is 1. The van der Waals surface area contributed by atoms with Gasteiger partial charge >= 0.3 is 0 Å². The molecule has 4 heteroatoms. The quantitative estimate of drug-likeness (QED) is 0.726. The number of piperidine rings is 1. The van der Waals surface area contributed by atoms with Crippen LogP contribution in [0.25, 0.3) is 10.9 Å². The van der Waals surface area contributed by atoms with Gasteiger partial charge < -0.3 is 9.88 Å². The summed E-state index contributed by atoms with van der Waals surface area (Å²) in [4.78, 5) is 17.9. The van der Waals surface area contributed by atoms with Crippen molar-refractivity contribution in [2.24, 2.45) is 5.92 Å². The minimum atomic E-state index is 0. The van der Waals surface area contributed by atoms with Crippen LogP contribution in [0.2, 0.25) is 0 Å². The molecule has 3 nitrogen and oxygen atoms in total. The van der Waals surface area contributed by atoms with Crippen molar-refractivity contribution < 1.29 is 0 Å². The lowest BCUT2D eigenvalue weighted by molar-refractivity contribution is 0.403. The summed E-state index contributed by atoms with van der Waals surface area (Å²) < 4.78 is 0. The summed E-state index contributed by atoms with van der Waals surface area (Å²) in [7, 11) is 0. The van der Waals surface area contributed by atoms with Crippen molar-refractivity contribution in [3.8, 4) is 0 Å². The first-order chi connectivity index (χ1) is 12.2. The molecule has 3 aromatic rings. The van der Waals surface area contributed by atoms with Crippen LogP contribution in [0.1, 0.15) is 24.0 Å². The molecule has 0 aliphatic carbocycles. The first-order valence-electron chi connectivity index (χ1n) is 9.12. The molecule has 0 unspecified atom stereocenters. The van der Waals surface area contributed by atoms with Gasteiger partial charge in [-0.25, -0.2) is 0 Å². The summed E-state index contributed by atoms with van der Waals surface area (Å²) in [5.74, 6) is 0.709. The number of benzene rings is 2. The van der Waals surface area contributed by atoms with E-state index in [0.717, 1.165) is 54.5 Å². The predicted molar refractivity (Wildman–Crippen MR) is 112 cm³/mol. The van der Waals surface area contributed by atoms with Crippen LogP contribution in [0.15, 0.2) is 59.4 Å². The molecule has 1 aliphatic heterocycles. The molecule has 1 fully saturated rings. The van der Waals surface area contributed by atoms with E-state index in [1.807, 2.05) is 19.1 Å². The van der Waals surface area contributed by atoms with Crippen molar-refractivity contribution in [1.82, 2.24) is 4.98 Å². The third kappa shape index (κ3) is 3.78. The van der Waals surface area contributed by atoms with E-state index in [1.54, 1.807) is 0 Å². The second-order valence-corrected chi connectivity index (χ2v) is 7.14. The van der Waals surface area contributed by atoms with Crippen LogP contribution in [0, 0.1) is 12.8 Å². The molecule has 0 radical (unpaired) electrons. The number of hydrogen-bond acceptors (Lipinski definition) is 2. The second kappa shape index (κ2) is 7.96. The molecule has 136 valence electrons. The first-order valence-corrected chi connectivity index (χ1v) is 9.12. The maximum absolute atomic E-state index is 12.6. The van der Waals surface area contributed by atoms with Crippen LogP contribution in [0.3, 0.4) is 0 Å². The van der Waals surface area contributed by atoms with E-state index in [-0.39, 0.29) is 18.0 Å². The number of hydrogen-bond donors (Lipinski definition) is 1. The fourth-order valence-corrected chi connectivity index (χ4v) is 3.93. The number of pyridine rings is 1. The number of halogens is 1. The third-order valence-electron chi connectivity index (χ3n) is 5.39. The topological polar surface area (TPSA) is 36.1 Å². The van der Waals surface area contributed by atoms with E-state index < -0.39 is 0 Å². The summed E-state index contributed by atoms with van der Waals surface area (Å²) in [6.07, 6.45) is 3.42. The highest BCUT2D eigenvalue weighted by Gasteiger charge is 2.21. The average Bonchev–Trinajstić information content (AvgIpc) is 2.64. The zero-order valence-electron chi connectivity index (χ0n) is 15.1. The summed E-state index contributed by atoms with van der Waals surface area (Å²) in [6.45, 7) is 3.95.